The van der Waals surface area contributed by atoms with Gasteiger partial charge in [-0.25, -0.2) is 0 Å². The summed E-state index contributed by atoms with van der Waals surface area (Å²) in [6.45, 7) is 6.93. The van der Waals surface area contributed by atoms with Crippen molar-refractivity contribution in [3.05, 3.63) is 11.6 Å². The van der Waals surface area contributed by atoms with Crippen molar-refractivity contribution < 1.29 is 9.59 Å². The molecule has 1 saturated carbocycles. The molecule has 3 heterocycles. The Morgan fingerprint density at radius 2 is 1.96 bits per heavy atom. The van der Waals surface area contributed by atoms with Gasteiger partial charge < -0.3 is 14.4 Å². The van der Waals surface area contributed by atoms with Crippen molar-refractivity contribution in [2.45, 2.75) is 58.0 Å². The highest BCUT2D eigenvalue weighted by Gasteiger charge is 2.43. The zero-order valence-electron chi connectivity index (χ0n) is 14.4. The van der Waals surface area contributed by atoms with E-state index in [2.05, 4.69) is 28.6 Å². The third kappa shape index (κ3) is 2.70. The van der Waals surface area contributed by atoms with Gasteiger partial charge in [-0.2, -0.15) is 0 Å². The maximum absolute atomic E-state index is 12.9. The van der Waals surface area contributed by atoms with Crippen LogP contribution in [-0.2, 0) is 22.6 Å². The normalized spacial score (nSPS) is 24.5. The van der Waals surface area contributed by atoms with E-state index in [1.165, 1.54) is 0 Å². The highest BCUT2D eigenvalue weighted by molar-refractivity contribution is 5.89. The van der Waals surface area contributed by atoms with Crippen LogP contribution in [0.5, 0.6) is 0 Å². The van der Waals surface area contributed by atoms with Gasteiger partial charge in [0.15, 0.2) is 0 Å². The first-order valence-electron chi connectivity index (χ1n) is 9.05. The molecule has 1 saturated heterocycles. The average Bonchev–Trinajstić information content (AvgIpc) is 3.25. The van der Waals surface area contributed by atoms with Gasteiger partial charge in [0, 0.05) is 51.0 Å². The summed E-state index contributed by atoms with van der Waals surface area (Å²) in [6.07, 6.45) is 3.32. The van der Waals surface area contributed by atoms with E-state index in [-0.39, 0.29) is 17.7 Å². The summed E-state index contributed by atoms with van der Waals surface area (Å²) in [4.78, 5) is 28.8. The molecule has 0 aromatic carbocycles. The highest BCUT2D eigenvalue weighted by atomic mass is 16.2. The topological polar surface area (TPSA) is 71.3 Å². The van der Waals surface area contributed by atoms with E-state index in [1.54, 1.807) is 0 Å². The molecule has 1 aromatic heterocycles. The van der Waals surface area contributed by atoms with Crippen LogP contribution in [0.2, 0.25) is 0 Å². The van der Waals surface area contributed by atoms with Gasteiger partial charge in [-0.15, -0.1) is 10.2 Å². The van der Waals surface area contributed by atoms with Crippen LogP contribution in [0.15, 0.2) is 0 Å². The van der Waals surface area contributed by atoms with Crippen LogP contribution < -0.4 is 0 Å². The summed E-state index contributed by atoms with van der Waals surface area (Å²) in [5.74, 6) is 2.42. The Bertz CT molecular complexity index is 664. The highest BCUT2D eigenvalue weighted by Crippen LogP contribution is 2.33. The number of rotatable bonds is 3. The second kappa shape index (κ2) is 5.86. The lowest BCUT2D eigenvalue weighted by Crippen LogP contribution is -2.39. The van der Waals surface area contributed by atoms with Crippen LogP contribution in [0.4, 0.5) is 0 Å². The van der Waals surface area contributed by atoms with Crippen molar-refractivity contribution in [1.29, 1.82) is 0 Å². The predicted molar refractivity (Wildman–Crippen MR) is 87.2 cm³/mol. The Morgan fingerprint density at radius 3 is 2.67 bits per heavy atom. The van der Waals surface area contributed by atoms with E-state index in [1.807, 2.05) is 9.80 Å². The number of aromatic nitrogens is 3. The third-order valence-electron chi connectivity index (χ3n) is 5.38. The predicted octanol–water partition coefficient (Wildman–Crippen LogP) is 0.797. The molecule has 4 rings (SSSR count). The second-order valence-electron chi connectivity index (χ2n) is 7.53. The number of fused-ring (bicyclic) bond motifs is 1. The molecule has 3 aliphatic rings. The number of hydrogen-bond donors (Lipinski definition) is 0. The summed E-state index contributed by atoms with van der Waals surface area (Å²) in [6, 6.07) is 0.407. The van der Waals surface area contributed by atoms with Crippen molar-refractivity contribution in [2.75, 3.05) is 19.6 Å². The third-order valence-corrected chi connectivity index (χ3v) is 5.38. The molecule has 2 fully saturated rings. The molecule has 1 aliphatic carbocycles. The van der Waals surface area contributed by atoms with Gasteiger partial charge in [0.25, 0.3) is 0 Å². The fraction of sp³-hybridized carbons (Fsp3) is 0.765. The Morgan fingerprint density at radius 1 is 1.17 bits per heavy atom. The van der Waals surface area contributed by atoms with Crippen molar-refractivity contribution in [3.8, 4) is 0 Å². The van der Waals surface area contributed by atoms with Crippen molar-refractivity contribution in [3.63, 3.8) is 0 Å². The Labute approximate surface area is 142 Å². The van der Waals surface area contributed by atoms with Gasteiger partial charge in [-0.3, -0.25) is 9.59 Å². The van der Waals surface area contributed by atoms with Gasteiger partial charge in [0.1, 0.15) is 11.6 Å². The molecule has 0 bridgehead atoms. The number of likely N-dealkylation sites (tertiary alicyclic amines) is 1. The van der Waals surface area contributed by atoms with Gasteiger partial charge in [-0.1, -0.05) is 13.8 Å². The molecule has 0 N–H and O–H groups in total. The van der Waals surface area contributed by atoms with Crippen molar-refractivity contribution >= 4 is 11.8 Å². The molecule has 7 heteroatoms. The molecule has 0 spiro atoms. The van der Waals surface area contributed by atoms with Crippen molar-refractivity contribution in [2.24, 2.45) is 5.92 Å². The van der Waals surface area contributed by atoms with Gasteiger partial charge in [-0.05, 0) is 12.8 Å². The first-order chi connectivity index (χ1) is 11.5. The number of carbonyl (C=O) groups is 2. The lowest BCUT2D eigenvalue weighted by atomic mass is 10.1. The summed E-state index contributed by atoms with van der Waals surface area (Å²) in [5.41, 5.74) is 0. The van der Waals surface area contributed by atoms with E-state index < -0.39 is 0 Å². The minimum atomic E-state index is -0.161. The zero-order valence-corrected chi connectivity index (χ0v) is 14.4. The molecular weight excluding hydrogens is 306 g/mol. The summed E-state index contributed by atoms with van der Waals surface area (Å²) < 4.78 is 2.16. The molecule has 2 amide bonds. The standard InChI is InChI=1S/C17H25N5O2/c1-11(2)16-19-18-14-5-6-20(7-8-21(14)16)17(24)12-9-15(23)22(10-12)13-3-4-13/h11-13H,3-10H2,1-2H3/t12-/m0/s1. The molecule has 24 heavy (non-hydrogen) atoms. The largest absolute Gasteiger partial charge is 0.340 e. The Balaban J connectivity index is 1.43. The smallest absolute Gasteiger partial charge is 0.228 e. The van der Waals surface area contributed by atoms with Crippen LogP contribution in [0.3, 0.4) is 0 Å². The fourth-order valence-electron chi connectivity index (χ4n) is 3.89. The zero-order chi connectivity index (χ0) is 16.8. The van der Waals surface area contributed by atoms with Crippen LogP contribution >= 0.6 is 0 Å². The number of nitrogens with zero attached hydrogens (tertiary/aromatic N) is 5. The van der Waals surface area contributed by atoms with E-state index in [9.17, 15) is 9.59 Å². The minimum absolute atomic E-state index is 0.135. The van der Waals surface area contributed by atoms with Gasteiger partial charge >= 0.3 is 0 Å². The summed E-state index contributed by atoms with van der Waals surface area (Å²) >= 11 is 0. The van der Waals surface area contributed by atoms with E-state index in [4.69, 9.17) is 0 Å². The lowest BCUT2D eigenvalue weighted by molar-refractivity contribution is -0.135. The number of carbonyl (C=O) groups excluding carboxylic acids is 2. The number of hydrogen-bond acceptors (Lipinski definition) is 4. The summed E-state index contributed by atoms with van der Waals surface area (Å²) in [7, 11) is 0. The Kier molecular flexibility index (Phi) is 3.81. The van der Waals surface area contributed by atoms with Crippen LogP contribution in [-0.4, -0.2) is 62.1 Å². The molecule has 1 atom stereocenters. The average molecular weight is 331 g/mol. The minimum Gasteiger partial charge on any atom is -0.340 e. The molecule has 130 valence electrons. The molecule has 1 aromatic rings. The fourth-order valence-corrected chi connectivity index (χ4v) is 3.89. The van der Waals surface area contributed by atoms with E-state index in [0.717, 1.165) is 37.5 Å². The first-order valence-corrected chi connectivity index (χ1v) is 9.05. The lowest BCUT2D eigenvalue weighted by Gasteiger charge is -2.24. The molecule has 2 aliphatic heterocycles. The maximum atomic E-state index is 12.9. The molecular formula is C17H25N5O2. The first kappa shape index (κ1) is 15.6. The van der Waals surface area contributed by atoms with Crippen molar-refractivity contribution in [1.82, 2.24) is 24.6 Å². The van der Waals surface area contributed by atoms with Crippen LogP contribution in [0, 0.1) is 5.92 Å². The molecule has 0 radical (unpaired) electrons. The molecule has 0 unspecified atom stereocenters. The second-order valence-corrected chi connectivity index (χ2v) is 7.53. The monoisotopic (exact) mass is 331 g/mol. The summed E-state index contributed by atoms with van der Waals surface area (Å²) in [5, 5.41) is 8.59. The van der Waals surface area contributed by atoms with E-state index in [0.29, 0.717) is 38.0 Å². The quantitative estimate of drug-likeness (QED) is 0.821. The number of amides is 2. The molecule has 7 nitrogen and oxygen atoms in total. The Hall–Kier alpha value is -1.92. The maximum Gasteiger partial charge on any atom is 0.228 e. The van der Waals surface area contributed by atoms with Crippen LogP contribution in [0.25, 0.3) is 0 Å². The van der Waals surface area contributed by atoms with E-state index >= 15 is 0 Å². The van der Waals surface area contributed by atoms with Gasteiger partial charge in [0.2, 0.25) is 11.8 Å². The SMILES string of the molecule is CC(C)c1nnc2n1CCN(C(=O)[C@H]1CC(=O)N(C3CC3)C1)CC2. The van der Waals surface area contributed by atoms with Crippen LogP contribution in [0.1, 0.15) is 50.7 Å². The van der Waals surface area contributed by atoms with Gasteiger partial charge in [0.05, 0.1) is 5.92 Å².